The van der Waals surface area contributed by atoms with Gasteiger partial charge in [-0.2, -0.15) is 0 Å². The third kappa shape index (κ3) is 4.68. The smallest absolute Gasteiger partial charge is 0.269 e. The number of hydrogen-bond acceptors (Lipinski definition) is 3. The molecule has 3 aromatic rings. The van der Waals surface area contributed by atoms with E-state index >= 15 is 0 Å². The van der Waals surface area contributed by atoms with E-state index in [-0.39, 0.29) is 5.69 Å². The number of nitro benzene ring substituents is 1. The Kier molecular flexibility index (Phi) is 5.25. The molecule has 4 heteroatoms. The number of nitrogens with two attached hydrogens (primary N) is 1. The van der Waals surface area contributed by atoms with Crippen molar-refractivity contribution in [1.82, 2.24) is 0 Å². The molecule has 0 heterocycles. The molecule has 26 heavy (non-hydrogen) atoms. The Morgan fingerprint density at radius 3 is 1.27 bits per heavy atom. The predicted molar refractivity (Wildman–Crippen MR) is 108 cm³/mol. The van der Waals surface area contributed by atoms with E-state index in [9.17, 15) is 10.1 Å². The van der Waals surface area contributed by atoms with Crippen LogP contribution in [0.15, 0.2) is 72.8 Å². The van der Waals surface area contributed by atoms with E-state index < -0.39 is 4.92 Å². The monoisotopic (exact) mass is 342 g/mol. The van der Waals surface area contributed by atoms with Crippen LogP contribution in [0.25, 0.3) is 24.3 Å². The minimum absolute atomic E-state index is 0.0967. The predicted octanol–water partition coefficient (Wildman–Crippen LogP) is 5.52. The zero-order chi connectivity index (χ0) is 18.4. The van der Waals surface area contributed by atoms with Gasteiger partial charge < -0.3 is 5.73 Å². The van der Waals surface area contributed by atoms with Crippen LogP contribution in [-0.2, 0) is 0 Å². The summed E-state index contributed by atoms with van der Waals surface area (Å²) in [7, 11) is 0. The maximum Gasteiger partial charge on any atom is 0.269 e. The Balaban J connectivity index is 1.65. The molecule has 0 aliphatic carbocycles. The first-order valence-electron chi connectivity index (χ1n) is 8.16. The van der Waals surface area contributed by atoms with E-state index in [1.54, 1.807) is 12.1 Å². The lowest BCUT2D eigenvalue weighted by Gasteiger charge is -1.98. The molecular weight excluding hydrogens is 324 g/mol. The van der Waals surface area contributed by atoms with Crippen molar-refractivity contribution in [2.75, 3.05) is 5.73 Å². The van der Waals surface area contributed by atoms with Crippen molar-refractivity contribution in [3.63, 3.8) is 0 Å². The summed E-state index contributed by atoms with van der Waals surface area (Å²) in [5.41, 5.74) is 10.7. The summed E-state index contributed by atoms with van der Waals surface area (Å²) >= 11 is 0. The molecule has 0 unspecified atom stereocenters. The van der Waals surface area contributed by atoms with Crippen LogP contribution in [0, 0.1) is 10.1 Å². The molecule has 3 aromatic carbocycles. The molecular formula is C22H18N2O2. The van der Waals surface area contributed by atoms with Crippen LogP contribution in [0.3, 0.4) is 0 Å². The molecule has 0 aliphatic heterocycles. The second-order valence-corrected chi connectivity index (χ2v) is 5.85. The highest BCUT2D eigenvalue weighted by Gasteiger charge is 2.02. The molecule has 0 bridgehead atoms. The molecule has 0 aliphatic rings. The summed E-state index contributed by atoms with van der Waals surface area (Å²) in [6, 6.07) is 22.4. The van der Waals surface area contributed by atoms with Gasteiger partial charge in [-0.3, -0.25) is 10.1 Å². The minimum Gasteiger partial charge on any atom is -0.399 e. The van der Waals surface area contributed by atoms with Gasteiger partial charge in [-0.15, -0.1) is 0 Å². The number of nitrogens with zero attached hydrogens (tertiary/aromatic N) is 1. The molecule has 128 valence electrons. The van der Waals surface area contributed by atoms with Gasteiger partial charge in [-0.05, 0) is 46.5 Å². The van der Waals surface area contributed by atoms with Gasteiger partial charge in [0.05, 0.1) is 4.92 Å². The van der Waals surface area contributed by atoms with Crippen molar-refractivity contribution in [1.29, 1.82) is 0 Å². The molecule has 2 N–H and O–H groups in total. The van der Waals surface area contributed by atoms with E-state index in [0.29, 0.717) is 0 Å². The van der Waals surface area contributed by atoms with Crippen LogP contribution < -0.4 is 5.73 Å². The summed E-state index contributed by atoms with van der Waals surface area (Å²) in [6.45, 7) is 0. The summed E-state index contributed by atoms with van der Waals surface area (Å²) in [4.78, 5) is 10.3. The third-order valence-corrected chi connectivity index (χ3v) is 3.91. The third-order valence-electron chi connectivity index (χ3n) is 3.91. The maximum absolute atomic E-state index is 10.7. The van der Waals surface area contributed by atoms with Gasteiger partial charge in [-0.1, -0.05) is 60.7 Å². The molecule has 0 spiro atoms. The Bertz CT molecular complexity index is 939. The molecule has 4 nitrogen and oxygen atoms in total. The number of nitro groups is 1. The SMILES string of the molecule is Nc1ccc(/C=C/c2ccc(/C=C/c3ccc([N+](=O)[O-])cc3)cc2)cc1. The van der Waals surface area contributed by atoms with E-state index in [1.165, 1.54) is 12.1 Å². The molecule has 3 rings (SSSR count). The van der Waals surface area contributed by atoms with Crippen LogP contribution >= 0.6 is 0 Å². The normalized spacial score (nSPS) is 11.2. The number of anilines is 1. The second-order valence-electron chi connectivity index (χ2n) is 5.85. The van der Waals surface area contributed by atoms with Crippen LogP contribution in [0.4, 0.5) is 11.4 Å². The molecule has 0 saturated heterocycles. The lowest BCUT2D eigenvalue weighted by atomic mass is 10.1. The average Bonchev–Trinajstić information content (AvgIpc) is 2.67. The minimum atomic E-state index is -0.399. The summed E-state index contributed by atoms with van der Waals surface area (Å²) in [6.07, 6.45) is 8.01. The van der Waals surface area contributed by atoms with Crippen LogP contribution in [0.2, 0.25) is 0 Å². The van der Waals surface area contributed by atoms with Gasteiger partial charge in [0.15, 0.2) is 0 Å². The highest BCUT2D eigenvalue weighted by atomic mass is 16.6. The lowest BCUT2D eigenvalue weighted by molar-refractivity contribution is -0.384. The fraction of sp³-hybridized carbons (Fsp3) is 0. The van der Waals surface area contributed by atoms with Gasteiger partial charge in [0.2, 0.25) is 0 Å². The Hall–Kier alpha value is -3.66. The van der Waals surface area contributed by atoms with E-state index in [2.05, 4.69) is 6.08 Å². The topological polar surface area (TPSA) is 69.2 Å². The van der Waals surface area contributed by atoms with Gasteiger partial charge in [0.1, 0.15) is 0 Å². The average molecular weight is 342 g/mol. The van der Waals surface area contributed by atoms with Crippen molar-refractivity contribution in [3.8, 4) is 0 Å². The Morgan fingerprint density at radius 1 is 0.615 bits per heavy atom. The van der Waals surface area contributed by atoms with Crippen molar-refractivity contribution < 1.29 is 4.92 Å². The summed E-state index contributed by atoms with van der Waals surface area (Å²) < 4.78 is 0. The van der Waals surface area contributed by atoms with Gasteiger partial charge in [0.25, 0.3) is 5.69 Å². The second kappa shape index (κ2) is 7.94. The molecule has 0 atom stereocenters. The quantitative estimate of drug-likeness (QED) is 0.287. The number of rotatable bonds is 5. The van der Waals surface area contributed by atoms with Crippen molar-refractivity contribution >= 4 is 35.7 Å². The fourth-order valence-electron chi connectivity index (χ4n) is 2.42. The van der Waals surface area contributed by atoms with Crippen molar-refractivity contribution in [2.45, 2.75) is 0 Å². The molecule has 0 fully saturated rings. The van der Waals surface area contributed by atoms with Gasteiger partial charge in [-0.25, -0.2) is 0 Å². The number of benzene rings is 3. The number of non-ortho nitro benzene ring substituents is 1. The van der Waals surface area contributed by atoms with Crippen LogP contribution in [0.5, 0.6) is 0 Å². The zero-order valence-electron chi connectivity index (χ0n) is 14.1. The van der Waals surface area contributed by atoms with Gasteiger partial charge >= 0.3 is 0 Å². The van der Waals surface area contributed by atoms with E-state index in [0.717, 1.165) is 27.9 Å². The largest absolute Gasteiger partial charge is 0.399 e. The van der Waals surface area contributed by atoms with Crippen molar-refractivity contribution in [2.24, 2.45) is 0 Å². The first kappa shape index (κ1) is 17.2. The maximum atomic E-state index is 10.7. The fourth-order valence-corrected chi connectivity index (χ4v) is 2.42. The first-order chi connectivity index (χ1) is 12.6. The Morgan fingerprint density at radius 2 is 0.923 bits per heavy atom. The van der Waals surface area contributed by atoms with Gasteiger partial charge in [0, 0.05) is 17.8 Å². The van der Waals surface area contributed by atoms with Crippen LogP contribution in [0.1, 0.15) is 22.3 Å². The van der Waals surface area contributed by atoms with E-state index in [4.69, 9.17) is 5.73 Å². The highest BCUT2D eigenvalue weighted by Crippen LogP contribution is 2.16. The van der Waals surface area contributed by atoms with Crippen molar-refractivity contribution in [3.05, 3.63) is 105 Å². The lowest BCUT2D eigenvalue weighted by Crippen LogP contribution is -1.86. The first-order valence-corrected chi connectivity index (χ1v) is 8.16. The number of hydrogen-bond donors (Lipinski definition) is 1. The summed E-state index contributed by atoms with van der Waals surface area (Å²) in [5, 5.41) is 10.7. The van der Waals surface area contributed by atoms with E-state index in [1.807, 2.05) is 66.8 Å². The summed E-state index contributed by atoms with van der Waals surface area (Å²) in [5.74, 6) is 0. The standard InChI is InChI=1S/C22H18N2O2/c23-21-13-9-19(10-14-21)7-5-17-1-3-18(4-2-17)6-8-20-11-15-22(16-12-20)24(25)26/h1-16H,23H2/b7-5+,8-6+. The molecule has 0 saturated carbocycles. The Labute approximate surface area is 152 Å². The molecule has 0 amide bonds. The zero-order valence-corrected chi connectivity index (χ0v) is 14.1. The number of nitrogen functional groups attached to an aromatic ring is 1. The van der Waals surface area contributed by atoms with Crippen LogP contribution in [-0.4, -0.2) is 4.92 Å². The molecule has 0 radical (unpaired) electrons. The highest BCUT2D eigenvalue weighted by molar-refractivity contribution is 5.73. The molecule has 0 aromatic heterocycles.